The Morgan fingerprint density at radius 2 is 1.49 bits per heavy atom. The van der Waals surface area contributed by atoms with Crippen LogP contribution < -0.4 is 5.32 Å². The zero-order chi connectivity index (χ0) is 27.3. The Bertz CT molecular complexity index is 2110. The van der Waals surface area contributed by atoms with Crippen molar-refractivity contribution in [1.82, 2.24) is 0 Å². The highest BCUT2D eigenvalue weighted by Gasteiger charge is 2.20. The molecule has 2 heteroatoms. The molecule has 0 fully saturated rings. The van der Waals surface area contributed by atoms with E-state index in [0.717, 1.165) is 17.8 Å². The van der Waals surface area contributed by atoms with Crippen molar-refractivity contribution in [1.29, 1.82) is 0 Å². The molecule has 0 spiro atoms. The molecule has 1 nitrogen and oxygen atoms in total. The molecule has 1 aliphatic rings. The van der Waals surface area contributed by atoms with Crippen LogP contribution in [0.4, 0.5) is 11.4 Å². The van der Waals surface area contributed by atoms with Crippen LogP contribution in [0.25, 0.3) is 59.3 Å². The van der Waals surface area contributed by atoms with Crippen molar-refractivity contribution in [2.75, 3.05) is 5.32 Å². The lowest BCUT2D eigenvalue weighted by molar-refractivity contribution is 0.717. The van der Waals surface area contributed by atoms with Gasteiger partial charge >= 0.3 is 0 Å². The molecular formula is C39H29NS. The zero-order valence-electron chi connectivity index (χ0n) is 22.9. The zero-order valence-corrected chi connectivity index (χ0v) is 23.7. The van der Waals surface area contributed by atoms with Crippen LogP contribution in [-0.2, 0) is 6.42 Å². The SMILES string of the molecule is CC1C=Cc2c(cccc2-c2c(Nc3ccc(-c4ccc5ccccc5c4)cc3)ccc3c2sc2ccccc23)C1. The van der Waals surface area contributed by atoms with Gasteiger partial charge in [-0.05, 0) is 81.3 Å². The molecule has 1 aliphatic carbocycles. The standard InChI is InChI=1S/C39H29NS/c1-25-13-20-32-30(23-25)9-6-11-34(32)38-36(22-21-35-33-10-4-5-12-37(33)41-39(35)38)40-31-18-16-27(17-19-31)29-15-14-26-7-2-3-8-28(26)24-29/h2-22,24-25,40H,23H2,1H3. The third-order valence-electron chi connectivity index (χ3n) is 8.39. The summed E-state index contributed by atoms with van der Waals surface area (Å²) in [4.78, 5) is 0. The second-order valence-corrected chi connectivity index (χ2v) is 12.2. The van der Waals surface area contributed by atoms with Crippen molar-refractivity contribution in [2.24, 2.45) is 5.92 Å². The number of allylic oxidation sites excluding steroid dienone is 1. The number of hydrogen-bond donors (Lipinski definition) is 1. The largest absolute Gasteiger partial charge is 0.355 e. The van der Waals surface area contributed by atoms with E-state index in [-0.39, 0.29) is 0 Å². The van der Waals surface area contributed by atoms with Gasteiger partial charge in [0.25, 0.3) is 0 Å². The summed E-state index contributed by atoms with van der Waals surface area (Å²) >= 11 is 1.90. The summed E-state index contributed by atoms with van der Waals surface area (Å²) < 4.78 is 2.67. The number of thiophene rings is 1. The maximum atomic E-state index is 3.81. The number of rotatable bonds is 4. The highest BCUT2D eigenvalue weighted by molar-refractivity contribution is 7.26. The van der Waals surface area contributed by atoms with E-state index in [0.29, 0.717) is 5.92 Å². The van der Waals surface area contributed by atoms with E-state index < -0.39 is 0 Å². The molecular weight excluding hydrogens is 515 g/mol. The van der Waals surface area contributed by atoms with Gasteiger partial charge in [0.15, 0.2) is 0 Å². The lowest BCUT2D eigenvalue weighted by atomic mass is 9.85. The van der Waals surface area contributed by atoms with Crippen LogP contribution in [0.15, 0.2) is 127 Å². The van der Waals surface area contributed by atoms with Crippen molar-refractivity contribution in [2.45, 2.75) is 13.3 Å². The Morgan fingerprint density at radius 3 is 2.39 bits per heavy atom. The average molecular weight is 544 g/mol. The van der Waals surface area contributed by atoms with E-state index in [2.05, 4.69) is 146 Å². The molecule has 41 heavy (non-hydrogen) atoms. The summed E-state index contributed by atoms with van der Waals surface area (Å²) in [5.41, 5.74) is 10.1. The Hall–Kier alpha value is -4.66. The molecule has 1 N–H and O–H groups in total. The Kier molecular flexibility index (Phi) is 5.75. The van der Waals surface area contributed by atoms with Crippen LogP contribution >= 0.6 is 11.3 Å². The predicted molar refractivity (Wildman–Crippen MR) is 179 cm³/mol. The summed E-state index contributed by atoms with van der Waals surface area (Å²) in [6.07, 6.45) is 5.78. The third kappa shape index (κ3) is 4.23. The van der Waals surface area contributed by atoms with Gasteiger partial charge in [-0.1, -0.05) is 110 Å². The van der Waals surface area contributed by atoms with Crippen molar-refractivity contribution in [3.8, 4) is 22.3 Å². The van der Waals surface area contributed by atoms with Crippen LogP contribution in [0.1, 0.15) is 18.1 Å². The fraction of sp³-hybridized carbons (Fsp3) is 0.0769. The lowest BCUT2D eigenvalue weighted by Gasteiger charge is -2.21. The lowest BCUT2D eigenvalue weighted by Crippen LogP contribution is -2.05. The molecule has 0 aliphatic heterocycles. The molecule has 0 amide bonds. The molecule has 0 saturated heterocycles. The van der Waals surface area contributed by atoms with Gasteiger partial charge in [-0.25, -0.2) is 0 Å². The Balaban J connectivity index is 1.24. The van der Waals surface area contributed by atoms with Crippen LogP contribution in [0.5, 0.6) is 0 Å². The molecule has 1 atom stereocenters. The normalized spacial score (nSPS) is 14.5. The third-order valence-corrected chi connectivity index (χ3v) is 9.60. The second kappa shape index (κ2) is 9.76. The van der Waals surface area contributed by atoms with Gasteiger partial charge in [-0.3, -0.25) is 0 Å². The van der Waals surface area contributed by atoms with E-state index in [1.54, 1.807) is 0 Å². The van der Waals surface area contributed by atoms with Crippen molar-refractivity contribution in [3.05, 3.63) is 139 Å². The summed E-state index contributed by atoms with van der Waals surface area (Å²) in [5, 5.41) is 9.00. The van der Waals surface area contributed by atoms with Gasteiger partial charge in [-0.2, -0.15) is 0 Å². The molecule has 196 valence electrons. The van der Waals surface area contributed by atoms with Crippen molar-refractivity contribution in [3.63, 3.8) is 0 Å². The Morgan fingerprint density at radius 1 is 0.683 bits per heavy atom. The maximum absolute atomic E-state index is 3.81. The van der Waals surface area contributed by atoms with Crippen LogP contribution in [0.2, 0.25) is 0 Å². The van der Waals surface area contributed by atoms with E-state index in [9.17, 15) is 0 Å². The van der Waals surface area contributed by atoms with Gasteiger partial charge in [0.05, 0.1) is 0 Å². The van der Waals surface area contributed by atoms with Gasteiger partial charge < -0.3 is 5.32 Å². The van der Waals surface area contributed by atoms with Crippen LogP contribution in [0, 0.1) is 5.92 Å². The van der Waals surface area contributed by atoms with Gasteiger partial charge in [0.1, 0.15) is 0 Å². The van der Waals surface area contributed by atoms with Gasteiger partial charge in [-0.15, -0.1) is 11.3 Å². The van der Waals surface area contributed by atoms with Gasteiger partial charge in [0.2, 0.25) is 0 Å². The quantitative estimate of drug-likeness (QED) is 0.233. The van der Waals surface area contributed by atoms with E-state index in [4.69, 9.17) is 0 Å². The molecule has 0 saturated carbocycles. The van der Waals surface area contributed by atoms with Crippen LogP contribution in [0.3, 0.4) is 0 Å². The molecule has 1 heterocycles. The van der Waals surface area contributed by atoms with Gasteiger partial charge in [0, 0.05) is 37.1 Å². The molecule has 0 radical (unpaired) electrons. The monoisotopic (exact) mass is 543 g/mol. The summed E-state index contributed by atoms with van der Waals surface area (Å²) in [6.45, 7) is 2.30. The fourth-order valence-corrected chi connectivity index (χ4v) is 7.58. The first-order valence-electron chi connectivity index (χ1n) is 14.3. The number of fused-ring (bicyclic) bond motifs is 5. The first kappa shape index (κ1) is 24.2. The Labute approximate surface area is 244 Å². The van der Waals surface area contributed by atoms with E-state index >= 15 is 0 Å². The minimum absolute atomic E-state index is 0.566. The fourth-order valence-electron chi connectivity index (χ4n) is 6.31. The molecule has 6 aromatic carbocycles. The number of nitrogens with one attached hydrogen (secondary N) is 1. The molecule has 1 aromatic heterocycles. The number of benzene rings is 6. The first-order valence-corrected chi connectivity index (χ1v) is 15.1. The first-order chi connectivity index (χ1) is 20.2. The maximum Gasteiger partial charge on any atom is 0.0478 e. The number of hydrogen-bond acceptors (Lipinski definition) is 2. The summed E-state index contributed by atoms with van der Waals surface area (Å²) in [7, 11) is 0. The number of anilines is 2. The van der Waals surface area contributed by atoms with E-state index in [1.165, 1.54) is 64.3 Å². The van der Waals surface area contributed by atoms with Crippen LogP contribution in [-0.4, -0.2) is 0 Å². The predicted octanol–water partition coefficient (Wildman–Crippen LogP) is 11.5. The van der Waals surface area contributed by atoms with Crippen molar-refractivity contribution < 1.29 is 0 Å². The molecule has 0 bridgehead atoms. The molecule has 1 unspecified atom stereocenters. The summed E-state index contributed by atoms with van der Waals surface area (Å²) in [6, 6.07) is 44.2. The summed E-state index contributed by atoms with van der Waals surface area (Å²) in [5.74, 6) is 0.566. The highest BCUT2D eigenvalue weighted by Crippen LogP contribution is 2.46. The van der Waals surface area contributed by atoms with Crippen molar-refractivity contribution >= 4 is 59.7 Å². The molecule has 8 rings (SSSR count). The average Bonchev–Trinajstić information content (AvgIpc) is 3.39. The van der Waals surface area contributed by atoms with E-state index in [1.807, 2.05) is 11.3 Å². The minimum Gasteiger partial charge on any atom is -0.355 e. The smallest absolute Gasteiger partial charge is 0.0478 e. The topological polar surface area (TPSA) is 12.0 Å². The minimum atomic E-state index is 0.566. The highest BCUT2D eigenvalue weighted by atomic mass is 32.1. The molecule has 7 aromatic rings. The second-order valence-electron chi connectivity index (χ2n) is 11.1.